The molecule has 0 aromatic carbocycles. The van der Waals surface area contributed by atoms with Crippen LogP contribution >= 0.6 is 0 Å². The third kappa shape index (κ3) is 5.07. The summed E-state index contributed by atoms with van der Waals surface area (Å²) in [7, 11) is 0. The number of hydrogen-bond acceptors (Lipinski definition) is 2. The predicted molar refractivity (Wildman–Crippen MR) is 36.0 cm³/mol. The summed E-state index contributed by atoms with van der Waals surface area (Å²) < 4.78 is 4.52. The average Bonchev–Trinajstić information content (AvgIpc) is 1.85. The van der Waals surface area contributed by atoms with E-state index in [0.717, 1.165) is 0 Å². The predicted octanol–water partition coefficient (Wildman–Crippen LogP) is 1.37. The first kappa shape index (κ1) is 8.21. The number of carbonyl (C=O) groups is 1. The van der Waals surface area contributed by atoms with Crippen LogP contribution in [0, 0.1) is 5.92 Å². The zero-order valence-electron chi connectivity index (χ0n) is 5.83. The van der Waals surface area contributed by atoms with Crippen LogP contribution in [0.3, 0.4) is 0 Å². The van der Waals surface area contributed by atoms with Gasteiger partial charge in [-0.2, -0.15) is 0 Å². The van der Waals surface area contributed by atoms with E-state index >= 15 is 0 Å². The molecule has 2 heteroatoms. The van der Waals surface area contributed by atoms with Gasteiger partial charge in [-0.1, -0.05) is 19.1 Å². The maximum absolute atomic E-state index is 9.67. The zero-order valence-corrected chi connectivity index (χ0v) is 5.83. The summed E-state index contributed by atoms with van der Waals surface area (Å²) in [6, 6.07) is 0. The number of hydrogen-bond donors (Lipinski definition) is 0. The number of carbonyl (C=O) groups excluding carboxylic acids is 1. The second-order valence-corrected chi connectivity index (χ2v) is 1.93. The van der Waals surface area contributed by atoms with Gasteiger partial charge < -0.3 is 4.74 Å². The van der Waals surface area contributed by atoms with Gasteiger partial charge in [-0.3, -0.25) is 4.79 Å². The summed E-state index contributed by atoms with van der Waals surface area (Å²) in [6.45, 7) is 4.88. The fraction of sp³-hybridized carbons (Fsp3) is 0.571. The molecule has 9 heavy (non-hydrogen) atoms. The van der Waals surface area contributed by atoms with Crippen LogP contribution in [0.4, 0.5) is 0 Å². The lowest BCUT2D eigenvalue weighted by Crippen LogP contribution is -2.00. The van der Waals surface area contributed by atoms with Crippen molar-refractivity contribution in [2.24, 2.45) is 5.92 Å². The van der Waals surface area contributed by atoms with Crippen molar-refractivity contribution in [1.29, 1.82) is 0 Å². The van der Waals surface area contributed by atoms with Gasteiger partial charge in [0.25, 0.3) is 6.47 Å². The Morgan fingerprint density at radius 3 is 2.78 bits per heavy atom. The van der Waals surface area contributed by atoms with Crippen molar-refractivity contribution in [3.63, 3.8) is 0 Å². The maximum Gasteiger partial charge on any atom is 0.293 e. The Balaban J connectivity index is 3.25. The molecule has 1 unspecified atom stereocenters. The zero-order chi connectivity index (χ0) is 7.11. The van der Waals surface area contributed by atoms with Gasteiger partial charge in [0.2, 0.25) is 0 Å². The Hall–Kier alpha value is -0.790. The van der Waals surface area contributed by atoms with Gasteiger partial charge in [0.15, 0.2) is 0 Å². The fourth-order valence-electron chi connectivity index (χ4n) is 0.575. The average molecular weight is 128 g/mol. The molecule has 0 fully saturated rings. The minimum Gasteiger partial charge on any atom is -0.467 e. The highest BCUT2D eigenvalue weighted by Gasteiger charge is 1.93. The molecular weight excluding hydrogens is 116 g/mol. The first-order chi connectivity index (χ1) is 4.31. The van der Waals surface area contributed by atoms with E-state index in [1.807, 2.05) is 26.0 Å². The van der Waals surface area contributed by atoms with Crippen molar-refractivity contribution in [2.75, 3.05) is 6.61 Å². The smallest absolute Gasteiger partial charge is 0.293 e. The molecular formula is C7H12O2. The van der Waals surface area contributed by atoms with Crippen LogP contribution in [0.15, 0.2) is 12.2 Å². The minimum absolute atomic E-state index is 0.334. The van der Waals surface area contributed by atoms with Crippen molar-refractivity contribution in [3.8, 4) is 0 Å². The number of ether oxygens (including phenoxy) is 1. The van der Waals surface area contributed by atoms with E-state index in [1.165, 1.54) is 0 Å². The monoisotopic (exact) mass is 128 g/mol. The van der Waals surface area contributed by atoms with Crippen LogP contribution in [-0.4, -0.2) is 13.1 Å². The van der Waals surface area contributed by atoms with Gasteiger partial charge in [0.1, 0.15) is 0 Å². The highest BCUT2D eigenvalue weighted by molar-refractivity contribution is 5.36. The third-order valence-electron chi connectivity index (χ3n) is 0.948. The molecule has 0 amide bonds. The molecule has 2 nitrogen and oxygen atoms in total. The van der Waals surface area contributed by atoms with Crippen LogP contribution in [-0.2, 0) is 9.53 Å². The molecule has 0 aromatic rings. The van der Waals surface area contributed by atoms with E-state index in [4.69, 9.17) is 0 Å². The molecule has 0 spiro atoms. The Labute approximate surface area is 55.5 Å². The summed E-state index contributed by atoms with van der Waals surface area (Å²) in [4.78, 5) is 9.67. The normalized spacial score (nSPS) is 13.6. The van der Waals surface area contributed by atoms with Crippen LogP contribution in [0.1, 0.15) is 13.8 Å². The first-order valence-corrected chi connectivity index (χ1v) is 2.99. The van der Waals surface area contributed by atoms with E-state index < -0.39 is 0 Å². The topological polar surface area (TPSA) is 26.3 Å². The van der Waals surface area contributed by atoms with Crippen LogP contribution < -0.4 is 0 Å². The van der Waals surface area contributed by atoms with Crippen LogP contribution in [0.5, 0.6) is 0 Å². The third-order valence-corrected chi connectivity index (χ3v) is 0.948. The van der Waals surface area contributed by atoms with E-state index in [-0.39, 0.29) is 0 Å². The van der Waals surface area contributed by atoms with Gasteiger partial charge in [-0.25, -0.2) is 0 Å². The lowest BCUT2D eigenvalue weighted by atomic mass is 10.2. The standard InChI is InChI=1S/C7H12O2/c1-3-4-7(2)5-9-6-8/h3-4,6-7H,5H2,1-2H3. The van der Waals surface area contributed by atoms with Gasteiger partial charge in [0, 0.05) is 5.92 Å². The molecule has 1 atom stereocenters. The quantitative estimate of drug-likeness (QED) is 0.422. The summed E-state index contributed by atoms with van der Waals surface area (Å²) in [6.07, 6.45) is 3.93. The molecule has 0 aliphatic rings. The summed E-state index contributed by atoms with van der Waals surface area (Å²) in [5.74, 6) is 0.334. The molecule has 0 aliphatic heterocycles. The van der Waals surface area contributed by atoms with Gasteiger partial charge >= 0.3 is 0 Å². The van der Waals surface area contributed by atoms with Crippen molar-refractivity contribution in [2.45, 2.75) is 13.8 Å². The van der Waals surface area contributed by atoms with Crippen LogP contribution in [0.2, 0.25) is 0 Å². The van der Waals surface area contributed by atoms with Crippen molar-refractivity contribution in [3.05, 3.63) is 12.2 Å². The fourth-order valence-corrected chi connectivity index (χ4v) is 0.575. The van der Waals surface area contributed by atoms with E-state index in [1.54, 1.807) is 0 Å². The molecule has 0 rings (SSSR count). The largest absolute Gasteiger partial charge is 0.467 e. The Morgan fingerprint density at radius 2 is 2.33 bits per heavy atom. The minimum atomic E-state index is 0.334. The van der Waals surface area contributed by atoms with E-state index in [9.17, 15) is 4.79 Å². The summed E-state index contributed by atoms with van der Waals surface area (Å²) in [5, 5.41) is 0. The molecule has 0 saturated carbocycles. The van der Waals surface area contributed by atoms with Crippen molar-refractivity contribution >= 4 is 6.47 Å². The summed E-state index contributed by atoms with van der Waals surface area (Å²) >= 11 is 0. The summed E-state index contributed by atoms with van der Waals surface area (Å²) in [5.41, 5.74) is 0. The highest BCUT2D eigenvalue weighted by Crippen LogP contribution is 1.95. The Morgan fingerprint density at radius 1 is 1.67 bits per heavy atom. The molecule has 0 bridgehead atoms. The second kappa shape index (κ2) is 5.35. The van der Waals surface area contributed by atoms with E-state index in [2.05, 4.69) is 4.74 Å². The first-order valence-electron chi connectivity index (χ1n) is 2.99. The number of allylic oxidation sites excluding steroid dienone is 1. The molecule has 0 heterocycles. The molecule has 0 radical (unpaired) electrons. The SMILES string of the molecule is CC=CC(C)COC=O. The van der Waals surface area contributed by atoms with Gasteiger partial charge in [-0.05, 0) is 6.92 Å². The van der Waals surface area contributed by atoms with Crippen molar-refractivity contribution < 1.29 is 9.53 Å². The van der Waals surface area contributed by atoms with Gasteiger partial charge in [-0.15, -0.1) is 0 Å². The Bertz CT molecular complexity index is 97.1. The number of rotatable bonds is 4. The molecule has 0 saturated heterocycles. The van der Waals surface area contributed by atoms with Crippen LogP contribution in [0.25, 0.3) is 0 Å². The lowest BCUT2D eigenvalue weighted by molar-refractivity contribution is -0.129. The Kier molecular flexibility index (Phi) is 4.88. The molecule has 52 valence electrons. The lowest BCUT2D eigenvalue weighted by Gasteiger charge is -2.01. The van der Waals surface area contributed by atoms with Crippen molar-refractivity contribution in [1.82, 2.24) is 0 Å². The maximum atomic E-state index is 9.67. The second-order valence-electron chi connectivity index (χ2n) is 1.93. The molecule has 0 aromatic heterocycles. The highest BCUT2D eigenvalue weighted by atomic mass is 16.5. The molecule has 0 N–H and O–H groups in total. The van der Waals surface area contributed by atoms with E-state index in [0.29, 0.717) is 19.0 Å². The van der Waals surface area contributed by atoms with Gasteiger partial charge in [0.05, 0.1) is 6.61 Å². The molecule has 0 aliphatic carbocycles.